The Bertz CT molecular complexity index is 1150. The third-order valence-corrected chi connectivity index (χ3v) is 4.18. The molecular weight excluding hydrogens is 424 g/mol. The molecule has 10 nitrogen and oxygen atoms in total. The van der Waals surface area contributed by atoms with Crippen molar-refractivity contribution in [1.82, 2.24) is 0 Å². The summed E-state index contributed by atoms with van der Waals surface area (Å²) in [5, 5.41) is 37.2. The molecule has 0 saturated heterocycles. The molecule has 4 N–H and O–H groups in total. The minimum Gasteiger partial charge on any atom is -0.507 e. The molecular formula is C22H14O10. The second-order valence-corrected chi connectivity index (χ2v) is 6.29. The number of esters is 2. The van der Waals surface area contributed by atoms with Gasteiger partial charge in [0.05, 0.1) is 11.1 Å². The normalized spacial score (nSPS) is 10.2. The molecule has 0 radical (unpaired) electrons. The Morgan fingerprint density at radius 1 is 0.562 bits per heavy atom. The number of ether oxygens (including phenoxy) is 2. The van der Waals surface area contributed by atoms with Crippen LogP contribution in [-0.4, -0.2) is 44.3 Å². The summed E-state index contributed by atoms with van der Waals surface area (Å²) in [6.45, 7) is 0. The third-order valence-electron chi connectivity index (χ3n) is 4.18. The van der Waals surface area contributed by atoms with Gasteiger partial charge in [-0.15, -0.1) is 0 Å². The number of phenols is 2. The fraction of sp³-hybridized carbons (Fsp3) is 0. The lowest BCUT2D eigenvalue weighted by atomic mass is 10.1. The van der Waals surface area contributed by atoms with Gasteiger partial charge >= 0.3 is 23.9 Å². The van der Waals surface area contributed by atoms with Gasteiger partial charge in [-0.25, -0.2) is 19.2 Å². The van der Waals surface area contributed by atoms with E-state index in [0.29, 0.717) is 0 Å². The van der Waals surface area contributed by atoms with Gasteiger partial charge < -0.3 is 29.9 Å². The number of carboxylic acid groups (broad SMARTS) is 2. The Labute approximate surface area is 179 Å². The Kier molecular flexibility index (Phi) is 6.06. The second kappa shape index (κ2) is 8.88. The molecule has 0 bridgehead atoms. The molecule has 0 aliphatic carbocycles. The van der Waals surface area contributed by atoms with Gasteiger partial charge in [0.2, 0.25) is 0 Å². The number of carboxylic acids is 2. The number of benzene rings is 3. The van der Waals surface area contributed by atoms with Crippen LogP contribution in [0.15, 0.2) is 60.7 Å². The Morgan fingerprint density at radius 2 is 0.938 bits per heavy atom. The number of hydrogen-bond donors (Lipinski definition) is 4. The highest BCUT2D eigenvalue weighted by atomic mass is 16.5. The van der Waals surface area contributed by atoms with Crippen molar-refractivity contribution < 1.29 is 49.1 Å². The van der Waals surface area contributed by atoms with Crippen LogP contribution in [0.25, 0.3) is 0 Å². The van der Waals surface area contributed by atoms with Crippen LogP contribution < -0.4 is 9.47 Å². The molecule has 0 aliphatic rings. The van der Waals surface area contributed by atoms with Crippen LogP contribution in [0.5, 0.6) is 23.0 Å². The van der Waals surface area contributed by atoms with E-state index in [9.17, 15) is 29.4 Å². The van der Waals surface area contributed by atoms with E-state index in [0.717, 1.165) is 24.3 Å². The molecule has 0 heterocycles. The molecule has 0 aliphatic heterocycles. The van der Waals surface area contributed by atoms with Crippen molar-refractivity contribution in [2.75, 3.05) is 0 Å². The average molecular weight is 438 g/mol. The van der Waals surface area contributed by atoms with E-state index >= 15 is 0 Å². The van der Waals surface area contributed by atoms with Gasteiger partial charge in [0.1, 0.15) is 34.1 Å². The standard InChI is InChI=1S/C22H14O10/c23-17-7-5-11(9-15(17)19(25)26)31-21(29)13-3-1-2-4-14(13)22(30)32-12-6-8-18(24)16(10-12)20(27)28/h1-10,23-24H,(H,25,26)(H,27,28). The molecule has 3 aromatic carbocycles. The lowest BCUT2D eigenvalue weighted by molar-refractivity contribution is 0.0674. The van der Waals surface area contributed by atoms with Gasteiger partial charge in [-0.1, -0.05) is 12.1 Å². The zero-order chi connectivity index (χ0) is 23.4. The highest BCUT2D eigenvalue weighted by Gasteiger charge is 2.22. The maximum Gasteiger partial charge on any atom is 0.344 e. The molecule has 0 spiro atoms. The van der Waals surface area contributed by atoms with E-state index in [1.54, 1.807) is 0 Å². The molecule has 0 unspecified atom stereocenters. The first-order valence-corrected chi connectivity index (χ1v) is 8.83. The quantitative estimate of drug-likeness (QED) is 0.332. The van der Waals surface area contributed by atoms with E-state index in [2.05, 4.69) is 0 Å². The Morgan fingerprint density at radius 3 is 1.28 bits per heavy atom. The summed E-state index contributed by atoms with van der Waals surface area (Å²) in [5.74, 6) is -6.27. The fourth-order valence-electron chi connectivity index (χ4n) is 2.66. The molecule has 10 heteroatoms. The van der Waals surface area contributed by atoms with E-state index in [4.69, 9.17) is 19.7 Å². The minimum absolute atomic E-state index is 0.182. The summed E-state index contributed by atoms with van der Waals surface area (Å²) < 4.78 is 10.2. The number of aromatic carboxylic acids is 2. The van der Waals surface area contributed by atoms with Crippen LogP contribution in [0.4, 0.5) is 0 Å². The number of carbonyl (C=O) groups excluding carboxylic acids is 2. The van der Waals surface area contributed by atoms with Crippen LogP contribution in [0.1, 0.15) is 41.4 Å². The van der Waals surface area contributed by atoms with Crippen LogP contribution in [-0.2, 0) is 0 Å². The summed E-state index contributed by atoms with van der Waals surface area (Å²) in [5.41, 5.74) is -1.38. The first-order chi connectivity index (χ1) is 15.2. The van der Waals surface area contributed by atoms with Gasteiger partial charge in [0.15, 0.2) is 0 Å². The Balaban J connectivity index is 1.86. The van der Waals surface area contributed by atoms with Crippen molar-refractivity contribution in [2.24, 2.45) is 0 Å². The molecule has 0 amide bonds. The number of aromatic hydroxyl groups is 2. The summed E-state index contributed by atoms with van der Waals surface area (Å²) in [7, 11) is 0. The molecule has 0 fully saturated rings. The molecule has 3 aromatic rings. The fourth-order valence-corrected chi connectivity index (χ4v) is 2.66. The van der Waals surface area contributed by atoms with Crippen molar-refractivity contribution >= 4 is 23.9 Å². The van der Waals surface area contributed by atoms with Crippen LogP contribution in [0.2, 0.25) is 0 Å². The minimum atomic E-state index is -1.43. The Hall–Kier alpha value is -4.86. The predicted molar refractivity (Wildman–Crippen MR) is 106 cm³/mol. The van der Waals surface area contributed by atoms with E-state index in [1.165, 1.54) is 36.4 Å². The lowest BCUT2D eigenvalue weighted by Crippen LogP contribution is -2.17. The first kappa shape index (κ1) is 21.8. The summed E-state index contributed by atoms with van der Waals surface area (Å²) in [4.78, 5) is 47.4. The van der Waals surface area contributed by atoms with Gasteiger partial charge in [-0.3, -0.25) is 0 Å². The first-order valence-electron chi connectivity index (χ1n) is 8.83. The van der Waals surface area contributed by atoms with Crippen LogP contribution >= 0.6 is 0 Å². The molecule has 162 valence electrons. The average Bonchev–Trinajstić information content (AvgIpc) is 2.76. The smallest absolute Gasteiger partial charge is 0.344 e. The summed E-state index contributed by atoms with van der Waals surface area (Å²) >= 11 is 0. The van der Waals surface area contributed by atoms with Crippen molar-refractivity contribution in [2.45, 2.75) is 0 Å². The van der Waals surface area contributed by atoms with Crippen LogP contribution in [0.3, 0.4) is 0 Å². The number of rotatable bonds is 6. The zero-order valence-electron chi connectivity index (χ0n) is 16.0. The van der Waals surface area contributed by atoms with Gasteiger partial charge in [0, 0.05) is 0 Å². The molecule has 3 rings (SSSR count). The van der Waals surface area contributed by atoms with Crippen LogP contribution in [0, 0.1) is 0 Å². The highest BCUT2D eigenvalue weighted by molar-refractivity contribution is 6.04. The van der Waals surface area contributed by atoms with E-state index in [-0.39, 0.29) is 22.6 Å². The number of carbonyl (C=O) groups is 4. The van der Waals surface area contributed by atoms with E-state index in [1.807, 2.05) is 0 Å². The SMILES string of the molecule is O=C(O)c1cc(OC(=O)c2ccccc2C(=O)Oc2ccc(O)c(C(=O)O)c2)ccc1O. The summed E-state index contributed by atoms with van der Waals surface area (Å²) in [6.07, 6.45) is 0. The second-order valence-electron chi connectivity index (χ2n) is 6.29. The highest BCUT2D eigenvalue weighted by Crippen LogP contribution is 2.26. The molecule has 0 saturated carbocycles. The number of hydrogen-bond acceptors (Lipinski definition) is 8. The molecule has 0 aromatic heterocycles. The van der Waals surface area contributed by atoms with Crippen molar-refractivity contribution in [3.8, 4) is 23.0 Å². The maximum atomic E-state index is 12.6. The topological polar surface area (TPSA) is 168 Å². The van der Waals surface area contributed by atoms with Gasteiger partial charge in [0.25, 0.3) is 0 Å². The lowest BCUT2D eigenvalue weighted by Gasteiger charge is -2.11. The zero-order valence-corrected chi connectivity index (χ0v) is 16.0. The molecule has 0 atom stereocenters. The monoisotopic (exact) mass is 438 g/mol. The summed E-state index contributed by atoms with van der Waals surface area (Å²) in [6, 6.07) is 11.8. The third kappa shape index (κ3) is 4.65. The van der Waals surface area contributed by atoms with Gasteiger partial charge in [-0.05, 0) is 48.5 Å². The maximum absolute atomic E-state index is 12.6. The van der Waals surface area contributed by atoms with E-state index < -0.39 is 46.5 Å². The van der Waals surface area contributed by atoms with Crippen molar-refractivity contribution in [3.05, 3.63) is 82.9 Å². The largest absolute Gasteiger partial charge is 0.507 e. The predicted octanol–water partition coefficient (Wildman–Crippen LogP) is 2.93. The van der Waals surface area contributed by atoms with Crippen molar-refractivity contribution in [3.63, 3.8) is 0 Å². The van der Waals surface area contributed by atoms with Gasteiger partial charge in [-0.2, -0.15) is 0 Å². The molecule has 32 heavy (non-hydrogen) atoms. The van der Waals surface area contributed by atoms with Crippen molar-refractivity contribution in [1.29, 1.82) is 0 Å².